The number of nitrogens with zero attached hydrogens (tertiary/aromatic N) is 4. The van der Waals surface area contributed by atoms with Crippen LogP contribution in [0.25, 0.3) is 22.2 Å². The van der Waals surface area contributed by atoms with E-state index in [0.717, 1.165) is 44.0 Å². The van der Waals surface area contributed by atoms with Crippen LogP contribution in [0.3, 0.4) is 0 Å². The maximum atomic E-state index is 13.1. The fourth-order valence-electron chi connectivity index (χ4n) is 3.64. The molecule has 0 aliphatic rings. The summed E-state index contributed by atoms with van der Waals surface area (Å²) in [4.78, 5) is 26.1. The fourth-order valence-corrected chi connectivity index (χ4v) is 3.92. The van der Waals surface area contributed by atoms with Gasteiger partial charge in [0.05, 0.1) is 23.9 Å². The van der Waals surface area contributed by atoms with Crippen LogP contribution in [0.15, 0.2) is 37.1 Å². The van der Waals surface area contributed by atoms with Gasteiger partial charge in [-0.05, 0) is 17.5 Å². The number of hydrogen-bond acceptors (Lipinski definition) is 4. The van der Waals surface area contributed by atoms with Gasteiger partial charge in [0, 0.05) is 35.4 Å². The van der Waals surface area contributed by atoms with E-state index in [4.69, 9.17) is 11.6 Å². The summed E-state index contributed by atoms with van der Waals surface area (Å²) in [6.07, 6.45) is 6.99. The van der Waals surface area contributed by atoms with Crippen molar-refractivity contribution in [2.75, 3.05) is 5.32 Å². The number of anilines is 1. The Morgan fingerprint density at radius 3 is 2.27 bits per heavy atom. The van der Waals surface area contributed by atoms with Crippen LogP contribution in [0.5, 0.6) is 0 Å². The SMILES string of the molecule is Bc1c(B)c(C(=O)Nc2cc3cc(-c4cncn4C)ncc3cn2)c(B)c(B)c1Cl. The predicted octanol–water partition coefficient (Wildman–Crippen LogP) is -3.03. The monoisotopic (exact) mass is 411 g/mol. The smallest absolute Gasteiger partial charge is 0.255 e. The summed E-state index contributed by atoms with van der Waals surface area (Å²) in [5, 5.41) is 5.48. The zero-order valence-corrected chi connectivity index (χ0v) is 18.3. The van der Waals surface area contributed by atoms with Gasteiger partial charge in [-0.25, -0.2) is 9.97 Å². The lowest BCUT2D eigenvalue weighted by molar-refractivity contribution is 0.102. The average molecular weight is 411 g/mol. The number of aryl methyl sites for hydroxylation is 1. The van der Waals surface area contributed by atoms with Gasteiger partial charge in [-0.2, -0.15) is 0 Å². The minimum Gasteiger partial charge on any atom is -0.332 e. The Hall–Kier alpha value is -2.99. The van der Waals surface area contributed by atoms with Gasteiger partial charge in [0.2, 0.25) is 0 Å². The Morgan fingerprint density at radius 2 is 1.63 bits per heavy atom. The number of benzene rings is 1. The second-order valence-corrected chi connectivity index (χ2v) is 7.90. The number of imidazole rings is 1. The van der Waals surface area contributed by atoms with Crippen molar-refractivity contribution in [3.8, 4) is 11.4 Å². The molecule has 1 amide bonds. The van der Waals surface area contributed by atoms with Gasteiger partial charge in [0.15, 0.2) is 0 Å². The number of rotatable bonds is 3. The van der Waals surface area contributed by atoms with E-state index < -0.39 is 0 Å². The molecule has 0 spiro atoms. The van der Waals surface area contributed by atoms with E-state index in [9.17, 15) is 4.79 Å². The molecule has 1 N–H and O–H groups in total. The molecule has 0 unspecified atom stereocenters. The van der Waals surface area contributed by atoms with Gasteiger partial charge in [-0.3, -0.25) is 9.78 Å². The highest BCUT2D eigenvalue weighted by Crippen LogP contribution is 2.22. The molecule has 0 fully saturated rings. The van der Waals surface area contributed by atoms with Crippen LogP contribution < -0.4 is 27.2 Å². The molecule has 3 heterocycles. The van der Waals surface area contributed by atoms with Crippen LogP contribution in [0.2, 0.25) is 5.02 Å². The van der Waals surface area contributed by atoms with Crippen molar-refractivity contribution in [1.82, 2.24) is 19.5 Å². The van der Waals surface area contributed by atoms with E-state index in [1.54, 1.807) is 24.9 Å². The Kier molecular flexibility index (Phi) is 5.20. The molecule has 6 nitrogen and oxygen atoms in total. The number of carbonyl (C=O) groups is 1. The fraction of sp³-hybridized carbons (Fsp3) is 0.0526. The first-order chi connectivity index (χ1) is 14.3. The van der Waals surface area contributed by atoms with E-state index in [1.807, 2.05) is 55.1 Å². The molecule has 4 rings (SSSR count). The lowest BCUT2D eigenvalue weighted by Gasteiger charge is -2.18. The third-order valence-corrected chi connectivity index (χ3v) is 6.25. The van der Waals surface area contributed by atoms with E-state index >= 15 is 0 Å². The van der Waals surface area contributed by atoms with Gasteiger partial charge in [-0.1, -0.05) is 33.5 Å². The van der Waals surface area contributed by atoms with Gasteiger partial charge >= 0.3 is 0 Å². The number of hydrogen-bond donors (Lipinski definition) is 1. The van der Waals surface area contributed by atoms with Crippen LogP contribution in [-0.2, 0) is 7.05 Å². The highest BCUT2D eigenvalue weighted by molar-refractivity contribution is 6.65. The molecular weight excluding hydrogens is 393 g/mol. The van der Waals surface area contributed by atoms with Crippen LogP contribution in [0, 0.1) is 0 Å². The zero-order valence-electron chi connectivity index (χ0n) is 17.5. The van der Waals surface area contributed by atoms with Crippen LogP contribution in [-0.4, -0.2) is 56.8 Å². The van der Waals surface area contributed by atoms with Gasteiger partial charge < -0.3 is 9.88 Å². The van der Waals surface area contributed by atoms with Crippen LogP contribution >= 0.6 is 11.6 Å². The minimum absolute atomic E-state index is 0.194. The largest absolute Gasteiger partial charge is 0.332 e. The molecule has 3 aromatic heterocycles. The molecule has 0 saturated heterocycles. The molecule has 0 radical (unpaired) electrons. The maximum absolute atomic E-state index is 13.1. The number of aromatic nitrogens is 4. The number of pyridine rings is 2. The minimum atomic E-state index is -0.194. The number of halogens is 1. The van der Waals surface area contributed by atoms with Gasteiger partial charge in [-0.15, -0.1) is 0 Å². The predicted molar refractivity (Wildman–Crippen MR) is 134 cm³/mol. The number of nitrogens with one attached hydrogen (secondary N) is 1. The van der Waals surface area contributed by atoms with E-state index in [-0.39, 0.29) is 5.91 Å². The second-order valence-electron chi connectivity index (χ2n) is 7.52. The molecule has 0 atom stereocenters. The van der Waals surface area contributed by atoms with Crippen molar-refractivity contribution in [3.63, 3.8) is 0 Å². The van der Waals surface area contributed by atoms with E-state index in [2.05, 4.69) is 20.3 Å². The Balaban J connectivity index is 1.71. The first-order valence-electron chi connectivity index (χ1n) is 9.57. The van der Waals surface area contributed by atoms with Gasteiger partial charge in [0.25, 0.3) is 5.91 Å². The highest BCUT2D eigenvalue weighted by atomic mass is 35.5. The quantitative estimate of drug-likeness (QED) is 0.365. The highest BCUT2D eigenvalue weighted by Gasteiger charge is 2.18. The number of fused-ring (bicyclic) bond motifs is 1. The molecule has 4 aromatic rings. The lowest BCUT2D eigenvalue weighted by atomic mass is 9.67. The van der Waals surface area contributed by atoms with E-state index in [1.165, 1.54) is 0 Å². The first-order valence-corrected chi connectivity index (χ1v) is 9.95. The second kappa shape index (κ2) is 7.69. The summed E-state index contributed by atoms with van der Waals surface area (Å²) in [5.74, 6) is 0.291. The van der Waals surface area contributed by atoms with Gasteiger partial charge in [0.1, 0.15) is 37.2 Å². The van der Waals surface area contributed by atoms with Crippen LogP contribution in [0.1, 0.15) is 10.4 Å². The Morgan fingerprint density at radius 1 is 0.967 bits per heavy atom. The molecule has 144 valence electrons. The van der Waals surface area contributed by atoms with Crippen molar-refractivity contribution in [1.29, 1.82) is 0 Å². The molecule has 30 heavy (non-hydrogen) atoms. The van der Waals surface area contributed by atoms with E-state index in [0.29, 0.717) is 16.4 Å². The van der Waals surface area contributed by atoms with Crippen molar-refractivity contribution in [2.45, 2.75) is 0 Å². The molecule has 1 aromatic carbocycles. The van der Waals surface area contributed by atoms with Crippen molar-refractivity contribution < 1.29 is 4.79 Å². The van der Waals surface area contributed by atoms with Crippen LogP contribution in [0.4, 0.5) is 5.82 Å². The first kappa shape index (κ1) is 20.3. The van der Waals surface area contributed by atoms with Crippen molar-refractivity contribution in [2.24, 2.45) is 7.05 Å². The summed E-state index contributed by atoms with van der Waals surface area (Å²) < 4.78 is 1.91. The summed E-state index contributed by atoms with van der Waals surface area (Å²) in [7, 11) is 9.63. The summed E-state index contributed by atoms with van der Waals surface area (Å²) in [6.45, 7) is 0. The molecular formula is C19H18B4ClN5O. The Bertz CT molecular complexity index is 1300. The molecule has 11 heteroatoms. The average Bonchev–Trinajstić information content (AvgIpc) is 3.16. The molecule has 0 saturated carbocycles. The summed E-state index contributed by atoms with van der Waals surface area (Å²) >= 11 is 6.40. The topological polar surface area (TPSA) is 72.7 Å². The summed E-state index contributed by atoms with van der Waals surface area (Å²) in [5.41, 5.74) is 5.96. The lowest BCUT2D eigenvalue weighted by Crippen LogP contribution is -2.47. The molecule has 0 aliphatic carbocycles. The number of amides is 1. The molecule has 0 aliphatic heterocycles. The maximum Gasteiger partial charge on any atom is 0.255 e. The number of carbonyl (C=O) groups excluding carboxylic acids is 1. The zero-order chi connectivity index (χ0) is 21.6. The van der Waals surface area contributed by atoms with Crippen molar-refractivity contribution in [3.05, 3.63) is 47.6 Å². The summed E-state index contributed by atoms with van der Waals surface area (Å²) in [6, 6.07) is 3.83. The molecule has 0 bridgehead atoms. The van der Waals surface area contributed by atoms with Crippen molar-refractivity contribution >= 4 is 87.3 Å². The third-order valence-electron chi connectivity index (χ3n) is 5.68. The third kappa shape index (κ3) is 3.41. The normalized spacial score (nSPS) is 11.0. The Labute approximate surface area is 183 Å². The standard InChI is InChI=1S/C19H18B4ClN5O/c1-29-7-25-6-11(29)10-2-8-3-12(27-5-9(8)4-26-10)28-19(30)13-14(20)16(22)18(24)17(23)15(13)21/h2-7H,20-23H2,1H3,(H,27,28,30).